The van der Waals surface area contributed by atoms with Crippen molar-refractivity contribution in [2.45, 2.75) is 77.4 Å². The van der Waals surface area contributed by atoms with E-state index >= 15 is 0 Å². The van der Waals surface area contributed by atoms with Crippen molar-refractivity contribution in [2.75, 3.05) is 7.11 Å². The third-order valence-electron chi connectivity index (χ3n) is 8.67. The molecule has 0 saturated heterocycles. The first kappa shape index (κ1) is 16.1. The second-order valence-corrected chi connectivity index (χ2v) is 9.36. The Kier molecular flexibility index (Phi) is 3.70. The largest absolute Gasteiger partial charge is 0.390 e. The molecule has 8 atom stereocenters. The number of ether oxygens (including phenoxy) is 1. The fourth-order valence-electron chi connectivity index (χ4n) is 7.26. The van der Waals surface area contributed by atoms with E-state index in [4.69, 9.17) is 4.74 Å². The summed E-state index contributed by atoms with van der Waals surface area (Å²) >= 11 is 0. The summed E-state index contributed by atoms with van der Waals surface area (Å²) in [5, 5.41) is 10.4. The van der Waals surface area contributed by atoms with Gasteiger partial charge in [-0.05, 0) is 74.0 Å². The van der Waals surface area contributed by atoms with Crippen molar-refractivity contribution in [3.63, 3.8) is 0 Å². The molecule has 0 aromatic heterocycles. The Morgan fingerprint density at radius 2 is 1.91 bits per heavy atom. The molecular formula is C20H32O3. The fraction of sp³-hybridized carbons (Fsp3) is 0.950. The van der Waals surface area contributed by atoms with Gasteiger partial charge in [-0.3, -0.25) is 4.79 Å². The predicted molar refractivity (Wildman–Crippen MR) is 88.9 cm³/mol. The summed E-state index contributed by atoms with van der Waals surface area (Å²) in [7, 11) is 1.74. The quantitative estimate of drug-likeness (QED) is 0.803. The number of fused-ring (bicyclic) bond motifs is 5. The van der Waals surface area contributed by atoms with Gasteiger partial charge in [-0.2, -0.15) is 0 Å². The van der Waals surface area contributed by atoms with Crippen molar-refractivity contribution in [2.24, 2.45) is 34.5 Å². The number of Topliss-reactive ketones (excluding diaryl/α,β-unsaturated/α-hetero) is 1. The van der Waals surface area contributed by atoms with Crippen molar-refractivity contribution >= 4 is 5.78 Å². The van der Waals surface area contributed by atoms with Gasteiger partial charge < -0.3 is 9.84 Å². The van der Waals surface area contributed by atoms with E-state index in [1.165, 1.54) is 19.3 Å². The Bertz CT molecular complexity index is 503. The lowest BCUT2D eigenvalue weighted by molar-refractivity contribution is -0.166. The average Bonchev–Trinajstić information content (AvgIpc) is 2.83. The van der Waals surface area contributed by atoms with Crippen LogP contribution in [0.5, 0.6) is 0 Å². The average molecular weight is 320 g/mol. The van der Waals surface area contributed by atoms with E-state index in [2.05, 4.69) is 13.8 Å². The van der Waals surface area contributed by atoms with E-state index < -0.39 is 0 Å². The highest BCUT2D eigenvalue weighted by Gasteiger charge is 2.61. The molecule has 0 bridgehead atoms. The van der Waals surface area contributed by atoms with Crippen LogP contribution in [0.4, 0.5) is 0 Å². The number of rotatable bonds is 1. The number of aliphatic hydroxyl groups is 1. The first-order chi connectivity index (χ1) is 10.9. The molecule has 0 spiro atoms. The number of hydrogen-bond donors (Lipinski definition) is 1. The molecule has 4 fully saturated rings. The second kappa shape index (κ2) is 5.29. The molecule has 0 heterocycles. The van der Waals surface area contributed by atoms with Gasteiger partial charge in [0.15, 0.2) is 0 Å². The van der Waals surface area contributed by atoms with Crippen molar-refractivity contribution in [1.29, 1.82) is 0 Å². The van der Waals surface area contributed by atoms with Gasteiger partial charge in [0.05, 0.1) is 12.2 Å². The Morgan fingerprint density at radius 1 is 1.13 bits per heavy atom. The van der Waals surface area contributed by atoms with E-state index in [0.717, 1.165) is 38.0 Å². The van der Waals surface area contributed by atoms with Crippen LogP contribution in [-0.4, -0.2) is 30.2 Å². The highest BCUT2D eigenvalue weighted by Crippen LogP contribution is 2.65. The monoisotopic (exact) mass is 320 g/mol. The van der Waals surface area contributed by atoms with Crippen LogP contribution < -0.4 is 0 Å². The molecule has 4 rings (SSSR count). The van der Waals surface area contributed by atoms with Gasteiger partial charge in [0.25, 0.3) is 0 Å². The van der Waals surface area contributed by atoms with Crippen molar-refractivity contribution in [1.82, 2.24) is 0 Å². The van der Waals surface area contributed by atoms with Gasteiger partial charge in [0.1, 0.15) is 5.78 Å². The Hall–Kier alpha value is -0.410. The van der Waals surface area contributed by atoms with Crippen LogP contribution in [0.15, 0.2) is 0 Å². The summed E-state index contributed by atoms with van der Waals surface area (Å²) in [5.74, 6) is 3.21. The standard InChI is InChI=1S/C20H32O3/c1-19-9-8-15-13(14(19)6-7-18(19)22)5-4-12-10-16(21)17(23-3)11-20(12,15)2/h12-17,21H,4-11H2,1-3H3/t12-,13+,14+,15+,16-,17-,19-,20-/m1/s1. The van der Waals surface area contributed by atoms with Gasteiger partial charge in [-0.1, -0.05) is 13.8 Å². The lowest BCUT2D eigenvalue weighted by Gasteiger charge is -2.60. The SMILES string of the molecule is CO[C@@H]1C[C@]2(C)[C@H](CC[C@@H]3[C@@H]2CC[C@@]2(C)C(=O)CC[C@@H]32)C[C@H]1O. The van der Waals surface area contributed by atoms with E-state index in [9.17, 15) is 9.90 Å². The van der Waals surface area contributed by atoms with Crippen LogP contribution in [0.3, 0.4) is 0 Å². The zero-order chi connectivity index (χ0) is 16.4. The highest BCUT2D eigenvalue weighted by molar-refractivity contribution is 5.87. The first-order valence-corrected chi connectivity index (χ1v) is 9.64. The second-order valence-electron chi connectivity index (χ2n) is 9.36. The van der Waals surface area contributed by atoms with Crippen molar-refractivity contribution in [3.05, 3.63) is 0 Å². The van der Waals surface area contributed by atoms with Crippen LogP contribution in [-0.2, 0) is 9.53 Å². The fourth-order valence-corrected chi connectivity index (χ4v) is 7.26. The number of ketones is 1. The van der Waals surface area contributed by atoms with E-state index in [1.807, 2.05) is 0 Å². The summed E-state index contributed by atoms with van der Waals surface area (Å²) in [5.41, 5.74) is 0.259. The summed E-state index contributed by atoms with van der Waals surface area (Å²) in [6.45, 7) is 4.71. The normalized spacial score (nSPS) is 55.9. The van der Waals surface area contributed by atoms with Crippen molar-refractivity contribution in [3.8, 4) is 0 Å². The van der Waals surface area contributed by atoms with Gasteiger partial charge >= 0.3 is 0 Å². The van der Waals surface area contributed by atoms with Crippen molar-refractivity contribution < 1.29 is 14.6 Å². The molecule has 0 amide bonds. The Morgan fingerprint density at radius 3 is 2.65 bits per heavy atom. The molecular weight excluding hydrogens is 288 g/mol. The van der Waals surface area contributed by atoms with E-state index in [0.29, 0.717) is 23.5 Å². The molecule has 23 heavy (non-hydrogen) atoms. The summed E-state index contributed by atoms with van der Waals surface area (Å²) < 4.78 is 5.62. The Balaban J connectivity index is 1.64. The van der Waals surface area contributed by atoms with Gasteiger partial charge in [-0.25, -0.2) is 0 Å². The van der Waals surface area contributed by atoms with Crippen LogP contribution in [0, 0.1) is 34.5 Å². The molecule has 1 N–H and O–H groups in total. The van der Waals surface area contributed by atoms with E-state index in [-0.39, 0.29) is 23.0 Å². The minimum atomic E-state index is -0.295. The molecule has 0 aromatic rings. The van der Waals surface area contributed by atoms with Crippen LogP contribution in [0.1, 0.15) is 65.2 Å². The van der Waals surface area contributed by atoms with Crippen LogP contribution in [0.25, 0.3) is 0 Å². The van der Waals surface area contributed by atoms with Crippen LogP contribution >= 0.6 is 0 Å². The minimum absolute atomic E-state index is 0.00600. The summed E-state index contributed by atoms with van der Waals surface area (Å²) in [4.78, 5) is 12.5. The van der Waals surface area contributed by atoms with Gasteiger partial charge in [0, 0.05) is 18.9 Å². The molecule has 0 radical (unpaired) electrons. The molecule has 3 heteroatoms. The molecule has 4 aliphatic carbocycles. The maximum absolute atomic E-state index is 12.5. The number of carbonyl (C=O) groups excluding carboxylic acids is 1. The van der Waals surface area contributed by atoms with Crippen LogP contribution in [0.2, 0.25) is 0 Å². The molecule has 0 aromatic carbocycles. The number of aliphatic hydroxyl groups excluding tert-OH is 1. The molecule has 4 saturated carbocycles. The summed E-state index contributed by atoms with van der Waals surface area (Å²) in [6.07, 6.45) is 8.30. The third kappa shape index (κ3) is 2.12. The zero-order valence-corrected chi connectivity index (χ0v) is 14.9. The lowest BCUT2D eigenvalue weighted by atomic mass is 9.45. The van der Waals surface area contributed by atoms with Gasteiger partial charge in [0.2, 0.25) is 0 Å². The number of hydrogen-bond acceptors (Lipinski definition) is 3. The highest BCUT2D eigenvalue weighted by atomic mass is 16.5. The molecule has 130 valence electrons. The Labute approximate surface area is 140 Å². The van der Waals surface area contributed by atoms with Gasteiger partial charge in [-0.15, -0.1) is 0 Å². The molecule has 4 aliphatic rings. The first-order valence-electron chi connectivity index (χ1n) is 9.64. The molecule has 0 aliphatic heterocycles. The van der Waals surface area contributed by atoms with E-state index in [1.54, 1.807) is 7.11 Å². The smallest absolute Gasteiger partial charge is 0.139 e. The topological polar surface area (TPSA) is 46.5 Å². The minimum Gasteiger partial charge on any atom is -0.390 e. The number of carbonyl (C=O) groups is 1. The zero-order valence-electron chi connectivity index (χ0n) is 14.9. The maximum atomic E-state index is 12.5. The predicted octanol–water partition coefficient (Wildman–Crippen LogP) is 3.58. The number of methoxy groups -OCH3 is 1. The molecule has 0 unspecified atom stereocenters. The lowest BCUT2D eigenvalue weighted by Crippen LogP contribution is -2.57. The molecule has 3 nitrogen and oxygen atoms in total. The third-order valence-corrected chi connectivity index (χ3v) is 8.67. The summed E-state index contributed by atoms with van der Waals surface area (Å²) in [6, 6.07) is 0. The maximum Gasteiger partial charge on any atom is 0.139 e.